The molecule has 1 fully saturated rings. The van der Waals surface area contributed by atoms with Crippen LogP contribution in [-0.4, -0.2) is 6.10 Å². The van der Waals surface area contributed by atoms with E-state index >= 15 is 0 Å². The Morgan fingerprint density at radius 2 is 1.76 bits per heavy atom. The van der Waals surface area contributed by atoms with Gasteiger partial charge in [0, 0.05) is 4.83 Å². The first kappa shape index (κ1) is 18.6. The summed E-state index contributed by atoms with van der Waals surface area (Å²) in [4.78, 5) is 0.0893. The van der Waals surface area contributed by atoms with Crippen molar-refractivity contribution in [1.29, 1.82) is 0 Å². The molecule has 1 unspecified atom stereocenters. The molecule has 25 heavy (non-hydrogen) atoms. The number of alkyl halides is 4. The second kappa shape index (κ2) is 7.18. The fraction of sp³-hybridized carbons (Fsp3) is 0.500. The molecule has 1 saturated carbocycles. The van der Waals surface area contributed by atoms with E-state index in [0.29, 0.717) is 11.3 Å². The Kier molecular flexibility index (Phi) is 5.33. The van der Waals surface area contributed by atoms with Gasteiger partial charge in [0.15, 0.2) is 0 Å². The van der Waals surface area contributed by atoms with Crippen molar-refractivity contribution in [2.75, 3.05) is 0 Å². The van der Waals surface area contributed by atoms with E-state index in [4.69, 9.17) is 4.74 Å². The summed E-state index contributed by atoms with van der Waals surface area (Å²) < 4.78 is 47.1. The first-order valence-corrected chi connectivity index (χ1v) is 9.62. The summed E-state index contributed by atoms with van der Waals surface area (Å²) in [6, 6.07) is 8.30. The fourth-order valence-corrected chi connectivity index (χ4v) is 3.78. The van der Waals surface area contributed by atoms with Crippen molar-refractivity contribution in [3.05, 3.63) is 41.5 Å². The molecule has 136 valence electrons. The van der Waals surface area contributed by atoms with Gasteiger partial charge in [-0.3, -0.25) is 0 Å². The summed E-state index contributed by atoms with van der Waals surface area (Å²) in [6.07, 6.45) is -0.930. The Morgan fingerprint density at radius 3 is 2.36 bits per heavy atom. The number of benzene rings is 2. The lowest BCUT2D eigenvalue weighted by atomic mass is 9.89. The van der Waals surface area contributed by atoms with Crippen LogP contribution < -0.4 is 4.74 Å². The van der Waals surface area contributed by atoms with Gasteiger partial charge in [-0.2, -0.15) is 13.2 Å². The van der Waals surface area contributed by atoms with E-state index in [1.54, 1.807) is 24.3 Å². The Labute approximate surface area is 154 Å². The zero-order chi connectivity index (χ0) is 18.2. The molecule has 0 heterocycles. The molecule has 0 aliphatic heterocycles. The summed E-state index contributed by atoms with van der Waals surface area (Å²) in [6.45, 7) is 4.13. The summed E-state index contributed by atoms with van der Waals surface area (Å²) in [7, 11) is 0. The maximum Gasteiger partial charge on any atom is 0.420 e. The SMILES string of the molecule is CC(Br)c1ccc2c(C(F)(F)F)c(O[C@H]3CC[C@@H](C)CC3)ccc2c1. The molecule has 3 rings (SSSR count). The first-order chi connectivity index (χ1) is 11.8. The maximum absolute atomic E-state index is 13.8. The predicted octanol–water partition coefficient (Wildman–Crippen LogP) is 7.27. The van der Waals surface area contributed by atoms with Gasteiger partial charge in [-0.1, -0.05) is 47.1 Å². The maximum atomic E-state index is 13.8. The highest BCUT2D eigenvalue weighted by atomic mass is 79.9. The first-order valence-electron chi connectivity index (χ1n) is 8.70. The lowest BCUT2D eigenvalue weighted by Gasteiger charge is -2.28. The van der Waals surface area contributed by atoms with Crippen molar-refractivity contribution >= 4 is 26.7 Å². The van der Waals surface area contributed by atoms with Gasteiger partial charge in [-0.25, -0.2) is 0 Å². The molecule has 0 radical (unpaired) electrons. The normalized spacial score (nSPS) is 22.8. The van der Waals surface area contributed by atoms with Gasteiger partial charge in [0.25, 0.3) is 0 Å². The topological polar surface area (TPSA) is 9.23 Å². The Balaban J connectivity index is 2.01. The molecule has 0 aromatic heterocycles. The van der Waals surface area contributed by atoms with Gasteiger partial charge in [-0.05, 0) is 60.9 Å². The van der Waals surface area contributed by atoms with Crippen LogP contribution in [0.2, 0.25) is 0 Å². The van der Waals surface area contributed by atoms with E-state index in [2.05, 4.69) is 22.9 Å². The largest absolute Gasteiger partial charge is 0.490 e. The number of hydrogen-bond donors (Lipinski definition) is 0. The summed E-state index contributed by atoms with van der Waals surface area (Å²) in [5, 5.41) is 0.784. The monoisotopic (exact) mass is 414 g/mol. The number of ether oxygens (including phenoxy) is 1. The zero-order valence-corrected chi connectivity index (χ0v) is 16.0. The highest BCUT2D eigenvalue weighted by Gasteiger charge is 2.37. The highest BCUT2D eigenvalue weighted by molar-refractivity contribution is 9.09. The molecule has 1 nitrogen and oxygen atoms in total. The van der Waals surface area contributed by atoms with Crippen LogP contribution in [-0.2, 0) is 6.18 Å². The van der Waals surface area contributed by atoms with Crippen molar-refractivity contribution in [3.8, 4) is 5.75 Å². The van der Waals surface area contributed by atoms with E-state index < -0.39 is 11.7 Å². The third-order valence-electron chi connectivity index (χ3n) is 5.00. The van der Waals surface area contributed by atoms with E-state index in [0.717, 1.165) is 31.2 Å². The van der Waals surface area contributed by atoms with Crippen LogP contribution in [0, 0.1) is 5.92 Å². The van der Waals surface area contributed by atoms with Crippen LogP contribution in [0.5, 0.6) is 5.75 Å². The molecule has 1 atom stereocenters. The molecule has 0 amide bonds. The van der Waals surface area contributed by atoms with E-state index in [1.807, 2.05) is 6.92 Å². The zero-order valence-electron chi connectivity index (χ0n) is 14.4. The minimum atomic E-state index is -4.45. The van der Waals surface area contributed by atoms with Crippen molar-refractivity contribution in [2.45, 2.75) is 56.6 Å². The van der Waals surface area contributed by atoms with Crippen LogP contribution in [0.4, 0.5) is 13.2 Å². The minimum absolute atomic E-state index is 0.0424. The summed E-state index contributed by atoms with van der Waals surface area (Å²) in [5.41, 5.74) is 0.299. The van der Waals surface area contributed by atoms with Crippen molar-refractivity contribution in [3.63, 3.8) is 0 Å². The smallest absolute Gasteiger partial charge is 0.420 e. The minimum Gasteiger partial charge on any atom is -0.490 e. The predicted molar refractivity (Wildman–Crippen MR) is 98.3 cm³/mol. The van der Waals surface area contributed by atoms with E-state index in [1.165, 1.54) is 6.07 Å². The fourth-order valence-electron chi connectivity index (χ4n) is 3.49. The molecule has 2 aromatic carbocycles. The average Bonchev–Trinajstić information content (AvgIpc) is 2.55. The summed E-state index contributed by atoms with van der Waals surface area (Å²) >= 11 is 3.46. The van der Waals surface area contributed by atoms with Gasteiger partial charge < -0.3 is 4.74 Å². The highest BCUT2D eigenvalue weighted by Crippen LogP contribution is 2.43. The van der Waals surface area contributed by atoms with E-state index in [9.17, 15) is 13.2 Å². The van der Waals surface area contributed by atoms with E-state index in [-0.39, 0.29) is 22.1 Å². The molecule has 1 aliphatic carbocycles. The molecule has 0 bridgehead atoms. The van der Waals surface area contributed by atoms with Gasteiger partial charge in [-0.15, -0.1) is 0 Å². The molecule has 0 saturated heterocycles. The lowest BCUT2D eigenvalue weighted by Crippen LogP contribution is -2.24. The quantitative estimate of drug-likeness (QED) is 0.479. The van der Waals surface area contributed by atoms with Gasteiger partial charge in [0.05, 0.1) is 6.10 Å². The molecule has 0 N–H and O–H groups in total. The Hall–Kier alpha value is -1.23. The second-order valence-corrected chi connectivity index (χ2v) is 8.41. The molecular formula is C20H22BrF3O. The molecule has 1 aliphatic rings. The molecule has 2 aromatic rings. The third kappa shape index (κ3) is 4.13. The van der Waals surface area contributed by atoms with Crippen molar-refractivity contribution in [1.82, 2.24) is 0 Å². The average molecular weight is 415 g/mol. The Morgan fingerprint density at radius 1 is 1.08 bits per heavy atom. The van der Waals surface area contributed by atoms with Crippen molar-refractivity contribution < 1.29 is 17.9 Å². The molecule has 0 spiro atoms. The molecule has 5 heteroatoms. The lowest BCUT2D eigenvalue weighted by molar-refractivity contribution is -0.138. The van der Waals surface area contributed by atoms with Crippen LogP contribution in [0.1, 0.15) is 55.5 Å². The third-order valence-corrected chi connectivity index (χ3v) is 5.53. The second-order valence-electron chi connectivity index (χ2n) is 7.03. The number of halogens is 4. The van der Waals surface area contributed by atoms with Gasteiger partial charge in [0.1, 0.15) is 11.3 Å². The van der Waals surface area contributed by atoms with Gasteiger partial charge >= 0.3 is 6.18 Å². The van der Waals surface area contributed by atoms with Crippen LogP contribution >= 0.6 is 15.9 Å². The van der Waals surface area contributed by atoms with Crippen molar-refractivity contribution in [2.24, 2.45) is 5.92 Å². The van der Waals surface area contributed by atoms with Gasteiger partial charge in [0.2, 0.25) is 0 Å². The van der Waals surface area contributed by atoms with Crippen LogP contribution in [0.3, 0.4) is 0 Å². The molecular weight excluding hydrogens is 393 g/mol. The Bertz CT molecular complexity index is 746. The summed E-state index contributed by atoms with van der Waals surface area (Å²) in [5.74, 6) is 0.586. The van der Waals surface area contributed by atoms with Crippen LogP contribution in [0.15, 0.2) is 30.3 Å². The number of fused-ring (bicyclic) bond motifs is 1. The number of hydrogen-bond acceptors (Lipinski definition) is 1. The standard InChI is InChI=1S/C20H22BrF3O/c1-12-3-7-16(8-4-12)25-18-10-6-15-11-14(13(2)21)5-9-17(15)19(18)20(22,23)24/h5-6,9-13,16H,3-4,7-8H2,1-2H3/t12-,13?,16+. The van der Waals surface area contributed by atoms with Crippen LogP contribution in [0.25, 0.3) is 10.8 Å². The number of rotatable bonds is 3.